The smallest absolute Gasteiger partial charge is 0.345 e. The van der Waals surface area contributed by atoms with Gasteiger partial charge in [0.2, 0.25) is 0 Å². The molecule has 1 atom stereocenters. The van der Waals surface area contributed by atoms with Crippen LogP contribution in [0.2, 0.25) is 0 Å². The van der Waals surface area contributed by atoms with Gasteiger partial charge in [-0.15, -0.1) is 0 Å². The van der Waals surface area contributed by atoms with E-state index < -0.39 is 17.5 Å². The van der Waals surface area contributed by atoms with Gasteiger partial charge >= 0.3 is 5.97 Å². The van der Waals surface area contributed by atoms with E-state index in [1.165, 1.54) is 0 Å². The zero-order valence-corrected chi connectivity index (χ0v) is 13.0. The Bertz CT molecular complexity index is 437. The maximum atomic E-state index is 11.2. The first-order valence-corrected chi connectivity index (χ1v) is 6.56. The zero-order valence-electron chi connectivity index (χ0n) is 10.9. The molecule has 0 heterocycles. The number of hydrogen-bond acceptors (Lipinski definition) is 3. The van der Waals surface area contributed by atoms with Crippen molar-refractivity contribution in [1.82, 2.24) is 0 Å². The van der Waals surface area contributed by atoms with Crippen LogP contribution >= 0.6 is 22.6 Å². The third-order valence-electron chi connectivity index (χ3n) is 2.39. The Labute approximate surface area is 120 Å². The second kappa shape index (κ2) is 5.77. The summed E-state index contributed by atoms with van der Waals surface area (Å²) in [6, 6.07) is 5.27. The summed E-state index contributed by atoms with van der Waals surface area (Å²) in [5.74, 6) is 0.195. The summed E-state index contributed by atoms with van der Waals surface area (Å²) in [5.41, 5.74) is -0.484. The van der Waals surface area contributed by atoms with Crippen molar-refractivity contribution in [3.05, 3.63) is 21.8 Å². The summed E-state index contributed by atoms with van der Waals surface area (Å²) >= 11 is 2.14. The molecular weight excluding hydrogens is 347 g/mol. The number of benzene rings is 1. The Hall–Kier alpha value is -0.980. The maximum Gasteiger partial charge on any atom is 0.345 e. The van der Waals surface area contributed by atoms with Gasteiger partial charge in [0.05, 0.1) is 10.7 Å². The van der Waals surface area contributed by atoms with E-state index in [-0.39, 0.29) is 0 Å². The summed E-state index contributed by atoms with van der Waals surface area (Å²) in [6.07, 6.45) is -0.901. The minimum Gasteiger partial charge on any atom is -0.496 e. The quantitative estimate of drug-likeness (QED) is 0.834. The number of carbonyl (C=O) groups is 1. The summed E-state index contributed by atoms with van der Waals surface area (Å²) < 4.78 is 11.7. The van der Waals surface area contributed by atoms with Crippen molar-refractivity contribution in [2.75, 3.05) is 7.11 Å². The molecule has 1 unspecified atom stereocenters. The molecular formula is C13H17IO4. The van der Waals surface area contributed by atoms with Crippen LogP contribution in [-0.4, -0.2) is 24.3 Å². The summed E-state index contributed by atoms with van der Waals surface area (Å²) in [7, 11) is 1.57. The van der Waals surface area contributed by atoms with Crippen LogP contribution in [0.4, 0.5) is 0 Å². The van der Waals surface area contributed by atoms with Crippen LogP contribution in [0.25, 0.3) is 0 Å². The second-order valence-electron chi connectivity index (χ2n) is 5.00. The number of hydrogen-bond donors (Lipinski definition) is 1. The lowest BCUT2D eigenvalue weighted by Gasteiger charge is -2.27. The SMILES string of the molecule is COc1cc(OC(C(=O)O)C(C)(C)C)ccc1I. The average molecular weight is 364 g/mol. The van der Waals surface area contributed by atoms with E-state index in [9.17, 15) is 9.90 Å². The van der Waals surface area contributed by atoms with Crippen LogP contribution in [0.5, 0.6) is 11.5 Å². The Morgan fingerprint density at radius 3 is 2.44 bits per heavy atom. The van der Waals surface area contributed by atoms with Crippen LogP contribution in [0.3, 0.4) is 0 Å². The fourth-order valence-corrected chi connectivity index (χ4v) is 2.00. The topological polar surface area (TPSA) is 55.8 Å². The predicted octanol–water partition coefficient (Wildman–Crippen LogP) is 3.18. The molecule has 1 N–H and O–H groups in total. The van der Waals surface area contributed by atoms with Gasteiger partial charge in [-0.3, -0.25) is 0 Å². The number of rotatable bonds is 4. The van der Waals surface area contributed by atoms with E-state index in [1.807, 2.05) is 26.8 Å². The molecule has 0 aromatic heterocycles. The van der Waals surface area contributed by atoms with Crippen LogP contribution in [0.1, 0.15) is 20.8 Å². The number of carboxylic acid groups (broad SMARTS) is 1. The lowest BCUT2D eigenvalue weighted by Crippen LogP contribution is -2.39. The molecule has 0 saturated carbocycles. The lowest BCUT2D eigenvalue weighted by atomic mass is 9.89. The molecule has 0 bridgehead atoms. The van der Waals surface area contributed by atoms with E-state index in [0.29, 0.717) is 11.5 Å². The van der Waals surface area contributed by atoms with Crippen LogP contribution in [-0.2, 0) is 4.79 Å². The van der Waals surface area contributed by atoms with E-state index in [0.717, 1.165) is 3.57 Å². The van der Waals surface area contributed by atoms with Gasteiger partial charge in [0.25, 0.3) is 0 Å². The minimum atomic E-state index is -0.972. The average Bonchev–Trinajstić information content (AvgIpc) is 2.25. The molecule has 4 nitrogen and oxygen atoms in total. The summed E-state index contributed by atoms with van der Waals surface area (Å²) in [4.78, 5) is 11.2. The first-order chi connectivity index (χ1) is 8.25. The minimum absolute atomic E-state index is 0.484. The first-order valence-electron chi connectivity index (χ1n) is 5.48. The molecule has 100 valence electrons. The summed E-state index contributed by atoms with van der Waals surface area (Å²) in [6.45, 7) is 5.49. The van der Waals surface area contributed by atoms with E-state index in [2.05, 4.69) is 22.6 Å². The molecule has 18 heavy (non-hydrogen) atoms. The molecule has 1 rings (SSSR count). The highest BCUT2D eigenvalue weighted by molar-refractivity contribution is 14.1. The second-order valence-corrected chi connectivity index (χ2v) is 6.16. The lowest BCUT2D eigenvalue weighted by molar-refractivity contribution is -0.150. The Morgan fingerprint density at radius 2 is 2.00 bits per heavy atom. The third kappa shape index (κ3) is 3.76. The predicted molar refractivity (Wildman–Crippen MR) is 77.2 cm³/mol. The molecule has 1 aromatic rings. The van der Waals surface area contributed by atoms with Crippen molar-refractivity contribution in [3.63, 3.8) is 0 Å². The number of ether oxygens (including phenoxy) is 2. The van der Waals surface area contributed by atoms with Gasteiger partial charge in [0.1, 0.15) is 11.5 Å². The van der Waals surface area contributed by atoms with Crippen LogP contribution in [0, 0.1) is 8.99 Å². The van der Waals surface area contributed by atoms with Crippen molar-refractivity contribution in [3.8, 4) is 11.5 Å². The largest absolute Gasteiger partial charge is 0.496 e. The molecule has 0 aliphatic heterocycles. The zero-order chi connectivity index (χ0) is 13.9. The van der Waals surface area contributed by atoms with Crippen LogP contribution < -0.4 is 9.47 Å². The van der Waals surface area contributed by atoms with Crippen molar-refractivity contribution < 1.29 is 19.4 Å². The van der Waals surface area contributed by atoms with Gasteiger partial charge in [-0.1, -0.05) is 20.8 Å². The molecule has 0 radical (unpaired) electrons. The van der Waals surface area contributed by atoms with Crippen molar-refractivity contribution in [1.29, 1.82) is 0 Å². The molecule has 0 amide bonds. The monoisotopic (exact) mass is 364 g/mol. The molecule has 0 spiro atoms. The number of methoxy groups -OCH3 is 1. The van der Waals surface area contributed by atoms with Crippen LogP contribution in [0.15, 0.2) is 18.2 Å². The number of aliphatic carboxylic acids is 1. The molecule has 5 heteroatoms. The maximum absolute atomic E-state index is 11.2. The van der Waals surface area contributed by atoms with Crippen molar-refractivity contribution in [2.24, 2.45) is 5.41 Å². The highest BCUT2D eigenvalue weighted by Gasteiger charge is 2.33. The summed E-state index contributed by atoms with van der Waals surface area (Å²) in [5, 5.41) is 9.19. The number of carboxylic acids is 1. The van der Waals surface area contributed by atoms with Gasteiger partial charge in [0, 0.05) is 11.5 Å². The number of halogens is 1. The molecule has 0 aliphatic rings. The van der Waals surface area contributed by atoms with E-state index in [1.54, 1.807) is 19.2 Å². The highest BCUT2D eigenvalue weighted by atomic mass is 127. The Morgan fingerprint density at radius 1 is 1.39 bits per heavy atom. The van der Waals surface area contributed by atoms with Crippen molar-refractivity contribution >= 4 is 28.6 Å². The van der Waals surface area contributed by atoms with Gasteiger partial charge in [-0.05, 0) is 34.7 Å². The first kappa shape index (κ1) is 15.1. The Balaban J connectivity index is 2.98. The van der Waals surface area contributed by atoms with Gasteiger partial charge in [-0.25, -0.2) is 4.79 Å². The molecule has 0 fully saturated rings. The fraction of sp³-hybridized carbons (Fsp3) is 0.462. The standard InChI is InChI=1S/C13H17IO4/c1-13(2,3)11(12(15)16)18-8-5-6-9(14)10(7-8)17-4/h5-7,11H,1-4H3,(H,15,16). The third-order valence-corrected chi connectivity index (χ3v) is 3.28. The van der Waals surface area contributed by atoms with Gasteiger partial charge in [0.15, 0.2) is 6.10 Å². The fourth-order valence-electron chi connectivity index (χ4n) is 1.45. The van der Waals surface area contributed by atoms with E-state index in [4.69, 9.17) is 9.47 Å². The Kier molecular flexibility index (Phi) is 4.84. The highest BCUT2D eigenvalue weighted by Crippen LogP contribution is 2.30. The molecule has 0 aliphatic carbocycles. The molecule has 0 saturated heterocycles. The normalized spacial score (nSPS) is 12.9. The molecule has 1 aromatic carbocycles. The van der Waals surface area contributed by atoms with Gasteiger partial charge in [-0.2, -0.15) is 0 Å². The van der Waals surface area contributed by atoms with Crippen molar-refractivity contribution in [2.45, 2.75) is 26.9 Å². The van der Waals surface area contributed by atoms with E-state index >= 15 is 0 Å². The van der Waals surface area contributed by atoms with Gasteiger partial charge < -0.3 is 14.6 Å².